The lowest BCUT2D eigenvalue weighted by atomic mass is 9.99. The van der Waals surface area contributed by atoms with Crippen LogP contribution in [0.4, 0.5) is 5.69 Å². The maximum atomic E-state index is 13.8. The van der Waals surface area contributed by atoms with Crippen molar-refractivity contribution in [1.82, 2.24) is 9.88 Å². The van der Waals surface area contributed by atoms with Gasteiger partial charge in [-0.15, -0.1) is 0 Å². The van der Waals surface area contributed by atoms with Crippen molar-refractivity contribution in [2.75, 3.05) is 25.5 Å². The molecule has 0 aliphatic rings. The molecule has 6 heteroatoms. The second-order valence-corrected chi connectivity index (χ2v) is 9.93. The topological polar surface area (TPSA) is 78.3 Å². The maximum Gasteiger partial charge on any atom is 0.196 e. The van der Waals surface area contributed by atoms with E-state index in [1.807, 2.05) is 37.3 Å². The summed E-state index contributed by atoms with van der Waals surface area (Å²) >= 11 is 0. The highest BCUT2D eigenvalue weighted by Crippen LogP contribution is 2.31. The summed E-state index contributed by atoms with van der Waals surface area (Å²) in [6.07, 6.45) is 0.870. The summed E-state index contributed by atoms with van der Waals surface area (Å²) < 4.78 is 6.27. The van der Waals surface area contributed by atoms with Gasteiger partial charge in [-0.2, -0.15) is 0 Å². The fourth-order valence-corrected chi connectivity index (χ4v) is 5.29. The first kappa shape index (κ1) is 23.9. The summed E-state index contributed by atoms with van der Waals surface area (Å²) in [6.45, 7) is 4.39. The number of para-hydroxylation sites is 1. The second kappa shape index (κ2) is 9.80. The minimum Gasteiger partial charge on any atom is -0.453 e. The number of rotatable bonds is 7. The number of aryl methyl sites for hydroxylation is 1. The van der Waals surface area contributed by atoms with Crippen LogP contribution >= 0.6 is 0 Å². The molecule has 0 radical (unpaired) electrons. The molecule has 0 bridgehead atoms. The largest absolute Gasteiger partial charge is 0.453 e. The minimum atomic E-state index is -0.175. The highest BCUT2D eigenvalue weighted by Gasteiger charge is 2.19. The highest BCUT2D eigenvalue weighted by molar-refractivity contribution is 6.14. The van der Waals surface area contributed by atoms with Crippen LogP contribution in [0.25, 0.3) is 43.7 Å². The van der Waals surface area contributed by atoms with E-state index in [9.17, 15) is 9.59 Å². The van der Waals surface area contributed by atoms with Gasteiger partial charge in [-0.3, -0.25) is 9.59 Å². The molecule has 6 aromatic rings. The quantitative estimate of drug-likeness (QED) is 0.154. The zero-order valence-electron chi connectivity index (χ0n) is 21.5. The fourth-order valence-electron chi connectivity index (χ4n) is 5.29. The van der Waals surface area contributed by atoms with E-state index in [4.69, 9.17) is 4.42 Å². The van der Waals surface area contributed by atoms with E-state index in [0.717, 1.165) is 30.6 Å². The van der Waals surface area contributed by atoms with Gasteiger partial charge in [0.1, 0.15) is 0 Å². The normalized spacial score (nSPS) is 11.8. The van der Waals surface area contributed by atoms with E-state index in [2.05, 4.69) is 46.5 Å². The number of benzene rings is 5. The molecular weight excluding hydrogens is 474 g/mol. The van der Waals surface area contributed by atoms with Gasteiger partial charge in [0.05, 0.1) is 21.8 Å². The van der Waals surface area contributed by atoms with E-state index < -0.39 is 0 Å². The Morgan fingerprint density at radius 2 is 1.53 bits per heavy atom. The van der Waals surface area contributed by atoms with Crippen molar-refractivity contribution >= 4 is 49.4 Å². The summed E-state index contributed by atoms with van der Waals surface area (Å²) in [4.78, 5) is 33.2. The van der Waals surface area contributed by atoms with Gasteiger partial charge in [-0.1, -0.05) is 66.7 Å². The Hall–Kier alpha value is -4.42. The fraction of sp³-hybridized carbons (Fsp3) is 0.188. The molecule has 38 heavy (non-hydrogen) atoms. The zero-order chi connectivity index (χ0) is 26.2. The van der Waals surface area contributed by atoms with Crippen molar-refractivity contribution in [2.45, 2.75) is 19.9 Å². The molecule has 0 aliphatic carbocycles. The molecule has 0 unspecified atom stereocenters. The van der Waals surface area contributed by atoms with E-state index in [1.165, 1.54) is 5.56 Å². The van der Waals surface area contributed by atoms with Gasteiger partial charge < -0.3 is 19.6 Å². The van der Waals surface area contributed by atoms with Gasteiger partial charge in [0, 0.05) is 35.6 Å². The molecule has 1 heterocycles. The van der Waals surface area contributed by atoms with Crippen LogP contribution in [-0.4, -0.2) is 30.0 Å². The Bertz CT molecular complexity index is 1920. The molecule has 0 spiro atoms. The van der Waals surface area contributed by atoms with Crippen molar-refractivity contribution < 1.29 is 4.42 Å². The molecular formula is C32H29N3O3. The number of aromatic amines is 1. The summed E-state index contributed by atoms with van der Waals surface area (Å²) in [6, 6.07) is 25.1. The number of anilines is 1. The first-order valence-electron chi connectivity index (χ1n) is 12.9. The molecule has 0 atom stereocenters. The monoisotopic (exact) mass is 503 g/mol. The number of fused-ring (bicyclic) bond motifs is 5. The number of H-pyrrole nitrogens is 1. The third-order valence-corrected chi connectivity index (χ3v) is 7.19. The number of aromatic nitrogens is 1. The van der Waals surface area contributed by atoms with Crippen molar-refractivity contribution in [2.24, 2.45) is 0 Å². The summed E-state index contributed by atoms with van der Waals surface area (Å²) in [5.41, 5.74) is 5.15. The van der Waals surface area contributed by atoms with E-state index >= 15 is 0 Å². The second-order valence-electron chi connectivity index (χ2n) is 9.93. The van der Waals surface area contributed by atoms with Crippen LogP contribution in [0.15, 0.2) is 92.9 Å². The third kappa shape index (κ3) is 4.23. The van der Waals surface area contributed by atoms with Gasteiger partial charge >= 0.3 is 0 Å². The molecule has 6 rings (SSSR count). The summed E-state index contributed by atoms with van der Waals surface area (Å²) in [5.74, 6) is 0. The van der Waals surface area contributed by atoms with Gasteiger partial charge in [-0.05, 0) is 44.1 Å². The van der Waals surface area contributed by atoms with Gasteiger partial charge in [0.15, 0.2) is 22.0 Å². The van der Waals surface area contributed by atoms with Crippen molar-refractivity contribution in [1.29, 1.82) is 0 Å². The smallest absolute Gasteiger partial charge is 0.196 e. The highest BCUT2D eigenvalue weighted by atomic mass is 16.3. The SMILES string of the molecule is Cc1cccc2oc3cc(NCCCN(C)Cc4ccccc4)c4c(=O)c5ccccc5c(=O)c4c3[nH]c12. The molecule has 6 nitrogen and oxygen atoms in total. The molecule has 2 N–H and O–H groups in total. The van der Waals surface area contributed by atoms with Crippen LogP contribution in [-0.2, 0) is 6.54 Å². The Balaban J connectivity index is 1.42. The summed E-state index contributed by atoms with van der Waals surface area (Å²) in [7, 11) is 2.10. The molecule has 5 aromatic carbocycles. The number of nitrogens with zero attached hydrogens (tertiary/aromatic N) is 1. The Labute approximate surface area is 219 Å². The van der Waals surface area contributed by atoms with Gasteiger partial charge in [-0.25, -0.2) is 0 Å². The zero-order valence-corrected chi connectivity index (χ0v) is 21.5. The minimum absolute atomic E-state index is 0.154. The number of nitrogens with one attached hydrogen (secondary N) is 2. The average molecular weight is 504 g/mol. The van der Waals surface area contributed by atoms with E-state index in [0.29, 0.717) is 50.5 Å². The lowest BCUT2D eigenvalue weighted by Crippen LogP contribution is -2.21. The van der Waals surface area contributed by atoms with E-state index in [1.54, 1.807) is 24.3 Å². The molecule has 1 aromatic heterocycles. The Kier molecular flexibility index (Phi) is 6.18. The third-order valence-electron chi connectivity index (χ3n) is 7.19. The predicted molar refractivity (Wildman–Crippen MR) is 156 cm³/mol. The maximum absolute atomic E-state index is 13.8. The van der Waals surface area contributed by atoms with Crippen molar-refractivity contribution in [3.05, 3.63) is 110 Å². The van der Waals surface area contributed by atoms with Crippen molar-refractivity contribution in [3.63, 3.8) is 0 Å². The standard InChI is InChI=1S/C32H29N3O3/c1-20-10-8-15-25-29(20)34-30-26(38-25)18-24(33-16-9-17-35(2)19-21-11-4-3-5-12-21)27-28(30)32(37)23-14-7-6-13-22(23)31(27)36/h3-8,10-15,18,33-34H,9,16-17,19H2,1-2H3. The molecule has 0 saturated heterocycles. The van der Waals surface area contributed by atoms with E-state index in [-0.39, 0.29) is 10.9 Å². The first-order chi connectivity index (χ1) is 18.5. The molecule has 0 saturated carbocycles. The molecule has 0 fully saturated rings. The molecule has 190 valence electrons. The summed E-state index contributed by atoms with van der Waals surface area (Å²) in [5, 5.41) is 5.07. The number of hydrogen-bond donors (Lipinski definition) is 2. The lowest BCUT2D eigenvalue weighted by Gasteiger charge is -2.17. The predicted octanol–water partition coefficient (Wildman–Crippen LogP) is 6.18. The van der Waals surface area contributed by atoms with Crippen molar-refractivity contribution in [3.8, 4) is 0 Å². The van der Waals surface area contributed by atoms with Crippen LogP contribution in [0.5, 0.6) is 0 Å². The molecule has 0 aliphatic heterocycles. The Morgan fingerprint density at radius 1 is 0.816 bits per heavy atom. The lowest BCUT2D eigenvalue weighted by molar-refractivity contribution is 0.325. The Morgan fingerprint density at radius 3 is 2.29 bits per heavy atom. The number of hydrogen-bond acceptors (Lipinski definition) is 5. The van der Waals surface area contributed by atoms with Gasteiger partial charge in [0.25, 0.3) is 0 Å². The van der Waals surface area contributed by atoms with Crippen LogP contribution in [0.3, 0.4) is 0 Å². The average Bonchev–Trinajstić information content (AvgIpc) is 2.93. The van der Waals surface area contributed by atoms with Crippen LogP contribution in [0, 0.1) is 6.92 Å². The van der Waals surface area contributed by atoms with Crippen LogP contribution in [0.1, 0.15) is 17.5 Å². The molecule has 0 amide bonds. The van der Waals surface area contributed by atoms with Crippen LogP contribution < -0.4 is 16.2 Å². The van der Waals surface area contributed by atoms with Crippen LogP contribution in [0.2, 0.25) is 0 Å². The van der Waals surface area contributed by atoms with Gasteiger partial charge in [0.2, 0.25) is 0 Å². The first-order valence-corrected chi connectivity index (χ1v) is 12.9.